The molecule has 0 unspecified atom stereocenters. The number of carbonyl (C=O) groups is 2. The smallest absolute Gasteiger partial charge is 0.363 e. The lowest BCUT2D eigenvalue weighted by Gasteiger charge is -2.11. The summed E-state index contributed by atoms with van der Waals surface area (Å²) in [5.74, 6) is -0.614. The minimum Gasteiger partial charge on any atom is -0.459 e. The summed E-state index contributed by atoms with van der Waals surface area (Å²) < 4.78 is 17.2. The Bertz CT molecular complexity index is 1200. The molecule has 2 aromatic carbocycles. The first kappa shape index (κ1) is 20.6. The van der Waals surface area contributed by atoms with E-state index in [-0.39, 0.29) is 17.3 Å². The van der Waals surface area contributed by atoms with Gasteiger partial charge in [-0.05, 0) is 70.5 Å². The number of furan rings is 1. The molecule has 30 heavy (non-hydrogen) atoms. The highest BCUT2D eigenvalue weighted by molar-refractivity contribution is 9.11. The predicted molar refractivity (Wildman–Crippen MR) is 118 cm³/mol. The Labute approximate surface area is 192 Å². The van der Waals surface area contributed by atoms with Gasteiger partial charge in [0.15, 0.2) is 17.2 Å². The molecule has 3 aromatic rings. The summed E-state index contributed by atoms with van der Waals surface area (Å²) in [4.78, 5) is 29.0. The number of hydrogen-bond acceptors (Lipinski definition) is 6. The molecule has 0 spiro atoms. The summed E-state index contributed by atoms with van der Waals surface area (Å²) in [6, 6.07) is 13.0. The van der Waals surface area contributed by atoms with Gasteiger partial charge in [-0.3, -0.25) is 0 Å². The molecule has 6 nitrogen and oxygen atoms in total. The topological polar surface area (TPSA) is 78.1 Å². The molecule has 0 radical (unpaired) electrons. The molecule has 0 N–H and O–H groups in total. The van der Waals surface area contributed by atoms with Crippen LogP contribution in [0.2, 0.25) is 5.02 Å². The average molecular weight is 552 g/mol. The highest BCUT2D eigenvalue weighted by Gasteiger charge is 2.27. The van der Waals surface area contributed by atoms with Crippen molar-refractivity contribution in [3.8, 4) is 5.75 Å². The van der Waals surface area contributed by atoms with Gasteiger partial charge in [0.05, 0.1) is 16.3 Å². The van der Waals surface area contributed by atoms with Crippen molar-refractivity contribution in [3.05, 3.63) is 91.3 Å². The summed E-state index contributed by atoms with van der Waals surface area (Å²) in [6.45, 7) is 0. The lowest BCUT2D eigenvalue weighted by Crippen LogP contribution is -2.10. The summed E-state index contributed by atoms with van der Waals surface area (Å²) in [5.41, 5.74) is 0.802. The van der Waals surface area contributed by atoms with E-state index in [0.717, 1.165) is 0 Å². The Hall–Kier alpha value is -2.68. The van der Waals surface area contributed by atoms with Crippen molar-refractivity contribution < 1.29 is 23.5 Å². The lowest BCUT2D eigenvalue weighted by molar-refractivity contribution is -0.130. The summed E-state index contributed by atoms with van der Waals surface area (Å²) >= 11 is 12.7. The van der Waals surface area contributed by atoms with Gasteiger partial charge in [-0.15, -0.1) is 0 Å². The van der Waals surface area contributed by atoms with Crippen molar-refractivity contribution in [3.63, 3.8) is 0 Å². The minimum absolute atomic E-state index is 0.0372. The monoisotopic (exact) mass is 549 g/mol. The Balaban J connectivity index is 1.70. The van der Waals surface area contributed by atoms with Gasteiger partial charge in [0.1, 0.15) is 0 Å². The van der Waals surface area contributed by atoms with Crippen LogP contribution in [0.15, 0.2) is 78.8 Å². The number of esters is 2. The van der Waals surface area contributed by atoms with Crippen LogP contribution in [0, 0.1) is 0 Å². The van der Waals surface area contributed by atoms with E-state index >= 15 is 0 Å². The van der Waals surface area contributed by atoms with Gasteiger partial charge >= 0.3 is 11.9 Å². The summed E-state index contributed by atoms with van der Waals surface area (Å²) in [7, 11) is 0. The third-order valence-corrected chi connectivity index (χ3v) is 5.26. The zero-order valence-electron chi connectivity index (χ0n) is 14.9. The highest BCUT2D eigenvalue weighted by atomic mass is 79.9. The first-order valence-electron chi connectivity index (χ1n) is 8.44. The molecule has 1 aliphatic heterocycles. The number of carbonyl (C=O) groups excluding carboxylic acids is 2. The number of halogens is 3. The lowest BCUT2D eigenvalue weighted by atomic mass is 10.1. The number of aliphatic imine (C=N–C) groups is 1. The summed E-state index contributed by atoms with van der Waals surface area (Å²) in [5, 5.41) is 0.506. The quantitative estimate of drug-likeness (QED) is 0.225. The second kappa shape index (κ2) is 8.59. The maximum absolute atomic E-state index is 12.6. The van der Waals surface area contributed by atoms with Crippen LogP contribution in [0.3, 0.4) is 0 Å². The van der Waals surface area contributed by atoms with E-state index in [0.29, 0.717) is 30.9 Å². The van der Waals surface area contributed by atoms with Gasteiger partial charge in [0, 0.05) is 15.1 Å². The molecule has 0 fully saturated rings. The Morgan fingerprint density at radius 3 is 2.60 bits per heavy atom. The predicted octanol–water partition coefficient (Wildman–Crippen LogP) is 6.02. The zero-order chi connectivity index (χ0) is 21.3. The van der Waals surface area contributed by atoms with Gasteiger partial charge in [0.2, 0.25) is 0 Å². The molecule has 1 aliphatic rings. The number of benzene rings is 2. The van der Waals surface area contributed by atoms with Gasteiger partial charge in [0.25, 0.3) is 5.90 Å². The molecule has 150 valence electrons. The first-order valence-corrected chi connectivity index (χ1v) is 10.4. The molecule has 9 heteroatoms. The van der Waals surface area contributed by atoms with Crippen molar-refractivity contribution in [1.29, 1.82) is 0 Å². The Kier molecular flexibility index (Phi) is 5.90. The maximum Gasteiger partial charge on any atom is 0.363 e. The van der Waals surface area contributed by atoms with Crippen LogP contribution in [0.5, 0.6) is 5.75 Å². The van der Waals surface area contributed by atoms with Gasteiger partial charge < -0.3 is 13.9 Å². The van der Waals surface area contributed by atoms with E-state index in [9.17, 15) is 9.59 Å². The van der Waals surface area contributed by atoms with Crippen LogP contribution >= 0.6 is 43.5 Å². The van der Waals surface area contributed by atoms with E-state index in [4.69, 9.17) is 25.5 Å². The molecular weight excluding hydrogens is 541 g/mol. The molecular formula is C21H10Br2ClNO5. The maximum atomic E-state index is 12.6. The van der Waals surface area contributed by atoms with Crippen molar-refractivity contribution in [1.82, 2.24) is 0 Å². The van der Waals surface area contributed by atoms with Crippen LogP contribution in [0.1, 0.15) is 21.7 Å². The fourth-order valence-corrected chi connectivity index (χ4v) is 4.06. The van der Waals surface area contributed by atoms with Crippen LogP contribution in [-0.2, 0) is 9.53 Å². The number of cyclic esters (lactones) is 1. The SMILES string of the molecule is O=C1OC(c2ccco2)=N/C1=C/c1cc(Br)cc(Br)c1OC(=O)c1ccc(Cl)cc1. The normalized spacial score (nSPS) is 14.6. The van der Waals surface area contributed by atoms with Crippen LogP contribution < -0.4 is 4.74 Å². The molecule has 1 aromatic heterocycles. The number of rotatable bonds is 4. The van der Waals surface area contributed by atoms with E-state index in [2.05, 4.69) is 36.9 Å². The third kappa shape index (κ3) is 4.40. The van der Waals surface area contributed by atoms with Crippen molar-refractivity contribution in [2.24, 2.45) is 4.99 Å². The fourth-order valence-electron chi connectivity index (χ4n) is 2.59. The van der Waals surface area contributed by atoms with E-state index < -0.39 is 11.9 Å². The standard InChI is InChI=1S/C21H10Br2ClNO5/c22-13-8-12(9-16-21(27)30-19(25-16)17-2-1-7-28-17)18(15(23)10-13)29-20(26)11-3-5-14(24)6-4-11/h1-10H/b16-9+. The molecule has 0 atom stereocenters. The number of hydrogen-bond donors (Lipinski definition) is 0. The zero-order valence-corrected chi connectivity index (χ0v) is 18.8. The van der Waals surface area contributed by atoms with Crippen LogP contribution in [0.25, 0.3) is 6.08 Å². The molecule has 0 saturated heterocycles. The largest absolute Gasteiger partial charge is 0.459 e. The first-order chi connectivity index (χ1) is 14.4. The Morgan fingerprint density at radius 1 is 1.13 bits per heavy atom. The van der Waals surface area contributed by atoms with Gasteiger partial charge in [-0.25, -0.2) is 14.6 Å². The molecule has 0 amide bonds. The number of ether oxygens (including phenoxy) is 2. The molecule has 0 aliphatic carbocycles. The molecule has 0 saturated carbocycles. The third-order valence-electron chi connectivity index (χ3n) is 3.96. The minimum atomic E-state index is -0.646. The van der Waals surface area contributed by atoms with Crippen molar-refractivity contribution in [2.75, 3.05) is 0 Å². The van der Waals surface area contributed by atoms with Crippen molar-refractivity contribution in [2.45, 2.75) is 0 Å². The molecule has 0 bridgehead atoms. The average Bonchev–Trinajstić information content (AvgIpc) is 3.35. The summed E-state index contributed by atoms with van der Waals surface area (Å²) in [6.07, 6.45) is 2.92. The fraction of sp³-hybridized carbons (Fsp3) is 0. The van der Waals surface area contributed by atoms with Gasteiger partial charge in [-0.1, -0.05) is 27.5 Å². The van der Waals surface area contributed by atoms with E-state index in [1.807, 2.05) is 0 Å². The van der Waals surface area contributed by atoms with Gasteiger partial charge in [-0.2, -0.15) is 0 Å². The van der Waals surface area contributed by atoms with Crippen molar-refractivity contribution >= 4 is 67.4 Å². The molecule has 4 rings (SSSR count). The Morgan fingerprint density at radius 2 is 1.90 bits per heavy atom. The van der Waals surface area contributed by atoms with Crippen LogP contribution in [0.4, 0.5) is 0 Å². The number of nitrogens with zero attached hydrogens (tertiary/aromatic N) is 1. The van der Waals surface area contributed by atoms with E-state index in [1.54, 1.807) is 48.5 Å². The second-order valence-corrected chi connectivity index (χ2v) is 8.22. The second-order valence-electron chi connectivity index (χ2n) is 6.02. The van der Waals surface area contributed by atoms with E-state index in [1.165, 1.54) is 12.3 Å². The highest BCUT2D eigenvalue weighted by Crippen LogP contribution is 2.35. The van der Waals surface area contributed by atoms with Crippen LogP contribution in [-0.4, -0.2) is 17.8 Å². The molecule has 2 heterocycles.